The first-order valence-corrected chi connectivity index (χ1v) is 6.71. The number of hydrogen-bond acceptors (Lipinski definition) is 3. The molecule has 0 aliphatic rings. The summed E-state index contributed by atoms with van der Waals surface area (Å²) in [5.74, 6) is -0.397. The number of benzene rings is 1. The molecule has 0 aliphatic carbocycles. The molecule has 6 heteroatoms. The molecule has 5 nitrogen and oxygen atoms in total. The molecule has 0 saturated carbocycles. The number of carbonyl (C=O) groups excluding carboxylic acids is 1. The van der Waals surface area contributed by atoms with E-state index < -0.39 is 0 Å². The highest BCUT2D eigenvalue weighted by atomic mass is 35.5. The first-order valence-electron chi connectivity index (χ1n) is 6.33. The van der Waals surface area contributed by atoms with Crippen LogP contribution in [0.15, 0.2) is 24.4 Å². The fourth-order valence-electron chi connectivity index (χ4n) is 1.89. The van der Waals surface area contributed by atoms with Crippen LogP contribution in [0.5, 0.6) is 5.75 Å². The number of phenols is 1. The van der Waals surface area contributed by atoms with Gasteiger partial charge in [0.05, 0.1) is 11.8 Å². The van der Waals surface area contributed by atoms with Gasteiger partial charge in [-0.25, -0.2) is 0 Å². The molecule has 0 fully saturated rings. The molecule has 1 heterocycles. The van der Waals surface area contributed by atoms with Gasteiger partial charge >= 0.3 is 0 Å². The molecule has 2 aromatic rings. The van der Waals surface area contributed by atoms with Crippen LogP contribution in [0.25, 0.3) is 0 Å². The summed E-state index contributed by atoms with van der Waals surface area (Å²) in [5.41, 5.74) is 2.38. The zero-order chi connectivity index (χ0) is 14.5. The summed E-state index contributed by atoms with van der Waals surface area (Å²) in [6.45, 7) is 2.49. The quantitative estimate of drug-likeness (QED) is 0.741. The number of phenolic OH excluding ortho intramolecular Hbond substituents is 1. The summed E-state index contributed by atoms with van der Waals surface area (Å²) >= 11 is 5.81. The maximum Gasteiger partial charge on any atom is 0.255 e. The number of aromatic nitrogens is 2. The van der Waals surface area contributed by atoms with Crippen LogP contribution in [0.3, 0.4) is 0 Å². The summed E-state index contributed by atoms with van der Waals surface area (Å²) < 4.78 is 0. The summed E-state index contributed by atoms with van der Waals surface area (Å²) in [7, 11) is 0. The number of nitrogens with zero attached hydrogens (tertiary/aromatic N) is 1. The lowest BCUT2D eigenvalue weighted by Gasteiger charge is -2.07. The van der Waals surface area contributed by atoms with Crippen molar-refractivity contribution in [2.75, 3.05) is 6.54 Å². The Morgan fingerprint density at radius 2 is 2.30 bits per heavy atom. The number of nitrogens with one attached hydrogen (secondary N) is 2. The fourth-order valence-corrected chi connectivity index (χ4v) is 2.07. The number of carbonyl (C=O) groups is 1. The molecule has 1 amide bonds. The number of amides is 1. The summed E-state index contributed by atoms with van der Waals surface area (Å²) in [4.78, 5) is 11.9. The van der Waals surface area contributed by atoms with Crippen LogP contribution in [-0.2, 0) is 6.42 Å². The molecule has 2 rings (SSSR count). The third-order valence-electron chi connectivity index (χ3n) is 3.05. The van der Waals surface area contributed by atoms with Crippen molar-refractivity contribution in [2.24, 2.45) is 0 Å². The molecule has 0 radical (unpaired) electrons. The molecule has 20 heavy (non-hydrogen) atoms. The van der Waals surface area contributed by atoms with Gasteiger partial charge in [-0.3, -0.25) is 9.89 Å². The van der Waals surface area contributed by atoms with Gasteiger partial charge in [0.25, 0.3) is 5.91 Å². The van der Waals surface area contributed by atoms with Gasteiger partial charge < -0.3 is 10.4 Å². The third kappa shape index (κ3) is 3.51. The average molecular weight is 294 g/mol. The number of H-pyrrole nitrogens is 1. The molecule has 3 N–H and O–H groups in total. The van der Waals surface area contributed by atoms with Crippen molar-refractivity contribution < 1.29 is 9.90 Å². The lowest BCUT2D eigenvalue weighted by atomic mass is 10.1. The number of rotatable bonds is 5. The third-order valence-corrected chi connectivity index (χ3v) is 3.28. The second-order valence-electron chi connectivity index (χ2n) is 4.54. The van der Waals surface area contributed by atoms with E-state index in [0.29, 0.717) is 11.6 Å². The Labute approximate surface area is 122 Å². The van der Waals surface area contributed by atoms with Gasteiger partial charge in [-0.05, 0) is 43.5 Å². The van der Waals surface area contributed by atoms with E-state index in [1.807, 2.05) is 6.92 Å². The molecule has 0 bridgehead atoms. The lowest BCUT2D eigenvalue weighted by Crippen LogP contribution is -2.24. The first kappa shape index (κ1) is 14.4. The molecule has 0 atom stereocenters. The standard InChI is InChI=1S/C14H16ClN3O2/c1-9-10(8-17-18-9)3-2-6-16-14(20)12-7-11(15)4-5-13(12)19/h4-5,7-8,19H,2-3,6H2,1H3,(H,16,20)(H,17,18). The van der Waals surface area contributed by atoms with Gasteiger partial charge in [-0.15, -0.1) is 0 Å². The first-order chi connectivity index (χ1) is 9.58. The number of halogens is 1. The van der Waals surface area contributed by atoms with Gasteiger partial charge in [0, 0.05) is 17.3 Å². The monoisotopic (exact) mass is 293 g/mol. The van der Waals surface area contributed by atoms with Crippen LogP contribution < -0.4 is 5.32 Å². The molecular formula is C14H16ClN3O2. The van der Waals surface area contributed by atoms with E-state index in [2.05, 4.69) is 15.5 Å². The van der Waals surface area contributed by atoms with Gasteiger partial charge in [0.15, 0.2) is 0 Å². The fraction of sp³-hybridized carbons (Fsp3) is 0.286. The molecule has 0 spiro atoms. The highest BCUT2D eigenvalue weighted by molar-refractivity contribution is 6.31. The second kappa shape index (κ2) is 6.43. The number of aromatic amines is 1. The van der Waals surface area contributed by atoms with Crippen molar-refractivity contribution in [2.45, 2.75) is 19.8 Å². The van der Waals surface area contributed by atoms with Gasteiger partial charge in [-0.1, -0.05) is 11.6 Å². The lowest BCUT2D eigenvalue weighted by molar-refractivity contribution is 0.0950. The predicted molar refractivity (Wildman–Crippen MR) is 77.1 cm³/mol. The van der Waals surface area contributed by atoms with Gasteiger partial charge in [0.2, 0.25) is 0 Å². The summed E-state index contributed by atoms with van der Waals surface area (Å²) in [6.07, 6.45) is 3.43. The van der Waals surface area contributed by atoms with E-state index in [4.69, 9.17) is 11.6 Å². The van der Waals surface area contributed by atoms with Crippen LogP contribution in [0, 0.1) is 6.92 Å². The zero-order valence-corrected chi connectivity index (χ0v) is 11.9. The molecule has 0 aliphatic heterocycles. The van der Waals surface area contributed by atoms with Crippen LogP contribution in [0.2, 0.25) is 5.02 Å². The van der Waals surface area contributed by atoms with Gasteiger partial charge in [0.1, 0.15) is 5.75 Å². The number of aryl methyl sites for hydroxylation is 2. The normalized spacial score (nSPS) is 10.5. The van der Waals surface area contributed by atoms with E-state index in [1.54, 1.807) is 6.20 Å². The highest BCUT2D eigenvalue weighted by Gasteiger charge is 2.11. The van der Waals surface area contributed by atoms with E-state index >= 15 is 0 Å². The summed E-state index contributed by atoms with van der Waals surface area (Å²) in [5, 5.41) is 19.6. The van der Waals surface area contributed by atoms with Crippen molar-refractivity contribution in [3.05, 3.63) is 46.2 Å². The van der Waals surface area contributed by atoms with Crippen LogP contribution in [-0.4, -0.2) is 27.8 Å². The van der Waals surface area contributed by atoms with Crippen LogP contribution in [0.4, 0.5) is 0 Å². The van der Waals surface area contributed by atoms with Crippen molar-refractivity contribution in [3.63, 3.8) is 0 Å². The topological polar surface area (TPSA) is 78.0 Å². The Kier molecular flexibility index (Phi) is 4.63. The Bertz CT molecular complexity index is 610. The van der Waals surface area contributed by atoms with E-state index in [-0.39, 0.29) is 17.2 Å². The Morgan fingerprint density at radius 3 is 3.00 bits per heavy atom. The predicted octanol–water partition coefficient (Wildman–Crippen LogP) is 2.44. The SMILES string of the molecule is Cc1[nH]ncc1CCCNC(=O)c1cc(Cl)ccc1O. The minimum Gasteiger partial charge on any atom is -0.507 e. The Balaban J connectivity index is 1.83. The van der Waals surface area contributed by atoms with Crippen LogP contribution in [0.1, 0.15) is 28.0 Å². The molecule has 106 valence electrons. The molecular weight excluding hydrogens is 278 g/mol. The van der Waals surface area contributed by atoms with Crippen molar-refractivity contribution in [3.8, 4) is 5.75 Å². The van der Waals surface area contributed by atoms with E-state index in [0.717, 1.165) is 24.1 Å². The maximum absolute atomic E-state index is 11.9. The zero-order valence-electron chi connectivity index (χ0n) is 11.1. The minimum absolute atomic E-state index is 0.0717. The molecule has 1 aromatic heterocycles. The Morgan fingerprint density at radius 1 is 1.50 bits per heavy atom. The second-order valence-corrected chi connectivity index (χ2v) is 4.98. The maximum atomic E-state index is 11.9. The number of hydrogen-bond donors (Lipinski definition) is 3. The molecule has 1 aromatic carbocycles. The van der Waals surface area contributed by atoms with Crippen LogP contribution >= 0.6 is 11.6 Å². The molecule has 0 saturated heterocycles. The summed E-state index contributed by atoms with van der Waals surface area (Å²) in [6, 6.07) is 4.40. The Hall–Kier alpha value is -2.01. The highest BCUT2D eigenvalue weighted by Crippen LogP contribution is 2.21. The minimum atomic E-state index is -0.325. The van der Waals surface area contributed by atoms with E-state index in [9.17, 15) is 9.90 Å². The van der Waals surface area contributed by atoms with Crippen molar-refractivity contribution in [1.29, 1.82) is 0 Å². The average Bonchev–Trinajstić information content (AvgIpc) is 2.83. The smallest absolute Gasteiger partial charge is 0.255 e. The number of aromatic hydroxyl groups is 1. The van der Waals surface area contributed by atoms with Crippen molar-refractivity contribution >= 4 is 17.5 Å². The van der Waals surface area contributed by atoms with Crippen molar-refractivity contribution in [1.82, 2.24) is 15.5 Å². The molecule has 0 unspecified atom stereocenters. The van der Waals surface area contributed by atoms with Gasteiger partial charge in [-0.2, -0.15) is 5.10 Å². The van der Waals surface area contributed by atoms with E-state index in [1.165, 1.54) is 18.2 Å². The largest absolute Gasteiger partial charge is 0.507 e.